The first kappa shape index (κ1) is 23.6. The van der Waals surface area contributed by atoms with E-state index >= 15 is 0 Å². The number of aliphatic hydroxyl groups is 1. The average molecular weight is 452 g/mol. The lowest BCUT2D eigenvalue weighted by molar-refractivity contribution is -0.382. The van der Waals surface area contributed by atoms with Gasteiger partial charge in [-0.25, -0.2) is 4.79 Å². The van der Waals surface area contributed by atoms with Crippen molar-refractivity contribution in [2.24, 2.45) is 5.92 Å². The van der Waals surface area contributed by atoms with Crippen LogP contribution in [-0.2, 0) is 33.2 Å². The van der Waals surface area contributed by atoms with Gasteiger partial charge in [-0.15, -0.1) is 11.6 Å². The third-order valence-corrected chi connectivity index (χ3v) is 5.72. The van der Waals surface area contributed by atoms with Gasteiger partial charge in [-0.1, -0.05) is 13.8 Å². The Hall–Kier alpha value is -1.01. The van der Waals surface area contributed by atoms with Crippen molar-refractivity contribution < 1.29 is 43.1 Å². The van der Waals surface area contributed by atoms with E-state index in [1.54, 1.807) is 13.8 Å². The Kier molecular flexibility index (Phi) is 6.70. The molecule has 0 aromatic carbocycles. The van der Waals surface area contributed by atoms with Crippen molar-refractivity contribution in [2.45, 2.75) is 75.7 Å². The molecule has 0 radical (unpaired) electrons. The Morgan fingerprint density at radius 3 is 2.53 bits per heavy atom. The molecule has 3 aliphatic rings. The van der Waals surface area contributed by atoms with E-state index in [2.05, 4.69) is 0 Å². The van der Waals surface area contributed by atoms with Crippen molar-refractivity contribution >= 4 is 23.6 Å². The van der Waals surface area contributed by atoms with Crippen LogP contribution in [0.25, 0.3) is 0 Å². The maximum absolute atomic E-state index is 12.1. The minimum absolute atomic E-state index is 0.0612. The number of carbonyl (C=O) groups excluding carboxylic acids is 2. The molecule has 3 heterocycles. The number of hydrogen-bond acceptors (Lipinski definition) is 9. The number of imide groups is 1. The maximum atomic E-state index is 12.1. The summed E-state index contributed by atoms with van der Waals surface area (Å²) in [6, 6.07) is 0. The number of nitrogens with one attached hydrogen (secondary N) is 1. The van der Waals surface area contributed by atoms with Crippen molar-refractivity contribution in [2.75, 3.05) is 26.2 Å². The van der Waals surface area contributed by atoms with Gasteiger partial charge in [0.05, 0.1) is 12.7 Å². The minimum Gasteiger partial charge on any atom is -0.441 e. The van der Waals surface area contributed by atoms with Crippen molar-refractivity contribution in [3.8, 4) is 0 Å². The van der Waals surface area contributed by atoms with Gasteiger partial charge in [-0.05, 0) is 26.2 Å². The van der Waals surface area contributed by atoms with Gasteiger partial charge in [0.2, 0.25) is 11.7 Å². The van der Waals surface area contributed by atoms with E-state index in [0.717, 1.165) is 0 Å². The van der Waals surface area contributed by atoms with Crippen LogP contribution in [0, 0.1) is 5.92 Å². The highest BCUT2D eigenvalue weighted by atomic mass is 35.5. The quantitative estimate of drug-likeness (QED) is 0.447. The first-order chi connectivity index (χ1) is 14.0. The predicted octanol–water partition coefficient (Wildman–Crippen LogP) is 0.916. The summed E-state index contributed by atoms with van der Waals surface area (Å²) in [5.41, 5.74) is -1.84. The van der Waals surface area contributed by atoms with E-state index in [9.17, 15) is 14.7 Å². The van der Waals surface area contributed by atoms with Gasteiger partial charge in [-0.2, -0.15) is 0 Å². The van der Waals surface area contributed by atoms with Gasteiger partial charge in [-0.3, -0.25) is 10.1 Å². The Morgan fingerprint density at radius 2 is 2.00 bits per heavy atom. The highest BCUT2D eigenvalue weighted by molar-refractivity contribution is 6.28. The molecule has 0 aromatic heterocycles. The molecule has 3 saturated heterocycles. The number of hydrogen-bond donors (Lipinski definition) is 2. The molecule has 0 aliphatic carbocycles. The number of amides is 2. The topological polar surface area (TPSA) is 125 Å². The molecule has 2 unspecified atom stereocenters. The molecule has 2 N–H and O–H groups in total. The molecule has 0 aromatic rings. The van der Waals surface area contributed by atoms with Crippen LogP contribution in [0.5, 0.6) is 0 Å². The van der Waals surface area contributed by atoms with E-state index in [1.165, 1.54) is 7.11 Å². The molecule has 3 fully saturated rings. The zero-order chi connectivity index (χ0) is 22.3. The van der Waals surface area contributed by atoms with E-state index in [-0.39, 0.29) is 19.3 Å². The van der Waals surface area contributed by atoms with Crippen LogP contribution >= 0.6 is 11.6 Å². The van der Waals surface area contributed by atoms with Crippen molar-refractivity contribution in [1.82, 2.24) is 5.32 Å². The smallest absolute Gasteiger partial charge is 0.414 e. The Labute approximate surface area is 180 Å². The van der Waals surface area contributed by atoms with Gasteiger partial charge in [0.25, 0.3) is 0 Å². The van der Waals surface area contributed by atoms with Gasteiger partial charge < -0.3 is 33.5 Å². The summed E-state index contributed by atoms with van der Waals surface area (Å²) >= 11 is 5.40. The lowest BCUT2D eigenvalue weighted by Gasteiger charge is -2.51. The van der Waals surface area contributed by atoms with Crippen LogP contribution in [0.4, 0.5) is 4.79 Å². The molecule has 0 saturated carbocycles. The number of alkyl carbamates (subject to hydrolysis) is 1. The van der Waals surface area contributed by atoms with Gasteiger partial charge in [0.15, 0.2) is 17.5 Å². The predicted molar refractivity (Wildman–Crippen MR) is 103 cm³/mol. The third kappa shape index (κ3) is 4.32. The first-order valence-corrected chi connectivity index (χ1v) is 10.5. The number of carbonyl (C=O) groups is 2. The second-order valence-electron chi connectivity index (χ2n) is 8.69. The molecule has 30 heavy (non-hydrogen) atoms. The number of rotatable bonds is 6. The third-order valence-electron chi connectivity index (χ3n) is 5.48. The summed E-state index contributed by atoms with van der Waals surface area (Å²) < 4.78 is 34.4. The second kappa shape index (κ2) is 8.50. The summed E-state index contributed by atoms with van der Waals surface area (Å²) in [6.45, 7) is 7.30. The molecule has 2 amide bonds. The molecule has 0 bridgehead atoms. The Balaban J connectivity index is 1.87. The number of ether oxygens (including phenoxy) is 6. The largest absolute Gasteiger partial charge is 0.441 e. The molecule has 11 heteroatoms. The van der Waals surface area contributed by atoms with E-state index in [1.807, 2.05) is 19.2 Å². The summed E-state index contributed by atoms with van der Waals surface area (Å²) in [5, 5.41) is 14.0. The molecule has 172 valence electrons. The Morgan fingerprint density at radius 1 is 1.30 bits per heavy atom. The first-order valence-electron chi connectivity index (χ1n) is 9.93. The Bertz CT molecular complexity index is 674. The second-order valence-corrected chi connectivity index (χ2v) is 8.95. The average Bonchev–Trinajstić information content (AvgIpc) is 3.34. The fourth-order valence-corrected chi connectivity index (χ4v) is 4.27. The van der Waals surface area contributed by atoms with Crippen LogP contribution in [-0.4, -0.2) is 84.9 Å². The molecule has 1 spiro atoms. The highest BCUT2D eigenvalue weighted by Gasteiger charge is 2.76. The minimum atomic E-state index is -1.84. The normalized spacial score (nSPS) is 39.9. The number of alkyl halides is 1. The number of epoxide rings is 1. The molecular weight excluding hydrogens is 422 g/mol. The van der Waals surface area contributed by atoms with Crippen LogP contribution < -0.4 is 5.32 Å². The van der Waals surface area contributed by atoms with Crippen LogP contribution in [0.3, 0.4) is 0 Å². The van der Waals surface area contributed by atoms with E-state index < -0.39 is 53.4 Å². The molecule has 3 aliphatic heterocycles. The van der Waals surface area contributed by atoms with E-state index in [0.29, 0.717) is 12.3 Å². The van der Waals surface area contributed by atoms with Crippen LogP contribution in [0.2, 0.25) is 0 Å². The monoisotopic (exact) mass is 451 g/mol. The van der Waals surface area contributed by atoms with Gasteiger partial charge >= 0.3 is 6.09 Å². The number of halogens is 1. The zero-order valence-electron chi connectivity index (χ0n) is 17.8. The van der Waals surface area contributed by atoms with Crippen molar-refractivity contribution in [3.63, 3.8) is 0 Å². The number of methoxy groups -OCH3 is 1. The summed E-state index contributed by atoms with van der Waals surface area (Å²) in [6.07, 6.45) is -3.34. The molecular formula is C19H30ClNO9. The fraction of sp³-hybridized carbons (Fsp3) is 0.895. The lowest BCUT2D eigenvalue weighted by atomic mass is 9.77. The lowest BCUT2D eigenvalue weighted by Crippen LogP contribution is -2.75. The fourth-order valence-electron chi connectivity index (χ4n) is 4.21. The summed E-state index contributed by atoms with van der Waals surface area (Å²) in [5.74, 6) is -3.36. The van der Waals surface area contributed by atoms with Gasteiger partial charge in [0.1, 0.15) is 24.7 Å². The molecule has 10 nitrogen and oxygen atoms in total. The highest BCUT2D eigenvalue weighted by Crippen LogP contribution is 2.53. The molecule has 3 rings (SSSR count). The van der Waals surface area contributed by atoms with Crippen molar-refractivity contribution in [3.05, 3.63) is 0 Å². The van der Waals surface area contributed by atoms with Crippen LogP contribution in [0.15, 0.2) is 0 Å². The maximum Gasteiger partial charge on any atom is 0.414 e. The summed E-state index contributed by atoms with van der Waals surface area (Å²) in [7, 11) is 1.38. The van der Waals surface area contributed by atoms with Crippen molar-refractivity contribution in [1.29, 1.82) is 0 Å². The molecule has 6 atom stereocenters. The van der Waals surface area contributed by atoms with Crippen LogP contribution in [0.1, 0.15) is 34.1 Å². The summed E-state index contributed by atoms with van der Waals surface area (Å²) in [4.78, 5) is 23.4. The van der Waals surface area contributed by atoms with Gasteiger partial charge in [0, 0.05) is 7.11 Å². The standard InChI is InChI=1S/C19H30ClNO9/c1-10(2)6-11-15(28-11)19(24)14(25-5)12(29-16(23)21-13(22)7-20)8-26-18(19)9-27-17(3,4)30-18/h10-12,14-15,24H,6-9H2,1-5H3,(H,21,22,23)/t11?,12-,14-,15?,18+,19+/m1/s1. The zero-order valence-corrected chi connectivity index (χ0v) is 18.6. The van der Waals surface area contributed by atoms with E-state index in [4.69, 9.17) is 40.0 Å². The SMILES string of the molecule is CO[C@@H]1[C@H](OC(=O)NC(=O)CCl)CO[C@]2(COC(C)(C)O2)[C@@]1(O)C1OC1CC(C)C.